The predicted octanol–water partition coefficient (Wildman–Crippen LogP) is 3.64. The molecule has 1 aromatic carbocycles. The summed E-state index contributed by atoms with van der Waals surface area (Å²) in [6.07, 6.45) is 1.41. The van der Waals surface area contributed by atoms with Crippen molar-refractivity contribution in [1.29, 1.82) is 0 Å². The minimum absolute atomic E-state index is 0.124. The molecule has 0 spiro atoms. The number of carbonyl (C=O) groups is 1. The number of nitrogens with one attached hydrogen (secondary N) is 1. The third-order valence-electron chi connectivity index (χ3n) is 2.42. The van der Waals surface area contributed by atoms with Gasteiger partial charge in [0.1, 0.15) is 11.5 Å². The Morgan fingerprint density at radius 3 is 2.86 bits per heavy atom. The molecule has 5 nitrogen and oxygen atoms in total. The van der Waals surface area contributed by atoms with Gasteiger partial charge in [-0.1, -0.05) is 6.07 Å². The molecule has 110 valence electrons. The maximum atomic E-state index is 11.6. The van der Waals surface area contributed by atoms with Crippen molar-refractivity contribution >= 4 is 44.0 Å². The van der Waals surface area contributed by atoms with Gasteiger partial charge in [-0.2, -0.15) is 5.10 Å². The molecule has 1 amide bonds. The second-order valence-electron chi connectivity index (χ2n) is 4.16. The van der Waals surface area contributed by atoms with Gasteiger partial charge in [0.15, 0.2) is 11.3 Å². The van der Waals surface area contributed by atoms with Gasteiger partial charge in [0.2, 0.25) is 0 Å². The first-order chi connectivity index (χ1) is 10.0. The number of benzene rings is 1. The van der Waals surface area contributed by atoms with Gasteiger partial charge in [0.25, 0.3) is 5.91 Å². The Balaban J connectivity index is 1.81. The SMILES string of the molecule is Cc1ccc(OCC(=O)N/N=C/c2ccc(Br)o2)c(Br)c1. The lowest BCUT2D eigenvalue weighted by molar-refractivity contribution is -0.123. The number of hydrazone groups is 1. The average molecular weight is 416 g/mol. The third-order valence-corrected chi connectivity index (χ3v) is 3.47. The first-order valence-corrected chi connectivity index (χ1v) is 7.59. The molecule has 0 atom stereocenters. The molecule has 1 aromatic heterocycles. The third kappa shape index (κ3) is 5.02. The summed E-state index contributed by atoms with van der Waals surface area (Å²) in [5, 5.41) is 3.77. The zero-order valence-corrected chi connectivity index (χ0v) is 14.3. The van der Waals surface area contributed by atoms with Gasteiger partial charge in [-0.25, -0.2) is 5.43 Å². The van der Waals surface area contributed by atoms with Crippen LogP contribution >= 0.6 is 31.9 Å². The topological polar surface area (TPSA) is 63.8 Å². The molecule has 2 aromatic rings. The summed E-state index contributed by atoms with van der Waals surface area (Å²) in [4.78, 5) is 11.6. The molecule has 2 rings (SSSR count). The lowest BCUT2D eigenvalue weighted by Gasteiger charge is -2.07. The Bertz CT molecular complexity index is 668. The van der Waals surface area contributed by atoms with Crippen molar-refractivity contribution in [2.75, 3.05) is 6.61 Å². The van der Waals surface area contributed by atoms with Crippen LogP contribution in [0.15, 0.2) is 49.0 Å². The Labute approximate surface area is 138 Å². The van der Waals surface area contributed by atoms with Gasteiger partial charge >= 0.3 is 0 Å². The highest BCUT2D eigenvalue weighted by atomic mass is 79.9. The van der Waals surface area contributed by atoms with Crippen LogP contribution in [0, 0.1) is 6.92 Å². The maximum Gasteiger partial charge on any atom is 0.277 e. The van der Waals surface area contributed by atoms with E-state index in [1.807, 2.05) is 19.1 Å². The zero-order valence-electron chi connectivity index (χ0n) is 11.1. The fourth-order valence-electron chi connectivity index (χ4n) is 1.46. The lowest BCUT2D eigenvalue weighted by atomic mass is 10.2. The molecule has 0 radical (unpaired) electrons. The van der Waals surface area contributed by atoms with Gasteiger partial charge < -0.3 is 9.15 Å². The summed E-state index contributed by atoms with van der Waals surface area (Å²) in [5.74, 6) is 0.781. The first kappa shape index (κ1) is 15.8. The number of aryl methyl sites for hydroxylation is 1. The van der Waals surface area contributed by atoms with Gasteiger partial charge in [0, 0.05) is 0 Å². The largest absolute Gasteiger partial charge is 0.483 e. The average Bonchev–Trinajstić information content (AvgIpc) is 2.83. The Morgan fingerprint density at radius 2 is 2.19 bits per heavy atom. The van der Waals surface area contributed by atoms with E-state index in [2.05, 4.69) is 42.4 Å². The van der Waals surface area contributed by atoms with Crippen LogP contribution in [0.1, 0.15) is 11.3 Å². The number of hydrogen-bond donors (Lipinski definition) is 1. The molecule has 0 saturated heterocycles. The smallest absolute Gasteiger partial charge is 0.277 e. The van der Waals surface area contributed by atoms with E-state index in [0.29, 0.717) is 16.2 Å². The normalized spacial score (nSPS) is 10.8. The van der Waals surface area contributed by atoms with Crippen molar-refractivity contribution in [3.8, 4) is 5.75 Å². The molecule has 0 unspecified atom stereocenters. The Morgan fingerprint density at radius 1 is 1.38 bits per heavy atom. The minimum Gasteiger partial charge on any atom is -0.483 e. The number of ether oxygens (including phenoxy) is 1. The van der Waals surface area contributed by atoms with Crippen molar-refractivity contribution in [3.05, 3.63) is 50.8 Å². The fourth-order valence-corrected chi connectivity index (χ4v) is 2.39. The van der Waals surface area contributed by atoms with Crippen LogP contribution in [-0.2, 0) is 4.79 Å². The summed E-state index contributed by atoms with van der Waals surface area (Å²) in [6, 6.07) is 9.09. The standard InChI is InChI=1S/C14H12Br2N2O3/c1-9-2-4-12(11(15)6-9)20-8-14(19)18-17-7-10-3-5-13(16)21-10/h2-7H,8H2,1H3,(H,18,19)/b17-7+. The summed E-state index contributed by atoms with van der Waals surface area (Å²) in [5.41, 5.74) is 3.46. The van der Waals surface area contributed by atoms with Crippen molar-refractivity contribution in [1.82, 2.24) is 5.43 Å². The monoisotopic (exact) mass is 414 g/mol. The number of halogens is 2. The summed E-state index contributed by atoms with van der Waals surface area (Å²) >= 11 is 6.56. The molecule has 0 bridgehead atoms. The molecule has 0 aliphatic rings. The van der Waals surface area contributed by atoms with E-state index in [1.54, 1.807) is 18.2 Å². The molecular formula is C14H12Br2N2O3. The van der Waals surface area contributed by atoms with Crippen molar-refractivity contribution in [2.24, 2.45) is 5.10 Å². The van der Waals surface area contributed by atoms with E-state index in [9.17, 15) is 4.79 Å². The van der Waals surface area contributed by atoms with Gasteiger partial charge in [-0.3, -0.25) is 4.79 Å². The van der Waals surface area contributed by atoms with Crippen LogP contribution < -0.4 is 10.2 Å². The van der Waals surface area contributed by atoms with Crippen LogP contribution in [0.25, 0.3) is 0 Å². The quantitative estimate of drug-likeness (QED) is 0.598. The number of rotatable bonds is 5. The van der Waals surface area contributed by atoms with Gasteiger partial charge in [-0.15, -0.1) is 0 Å². The van der Waals surface area contributed by atoms with E-state index >= 15 is 0 Å². The van der Waals surface area contributed by atoms with E-state index in [4.69, 9.17) is 9.15 Å². The number of hydrogen-bond acceptors (Lipinski definition) is 4. The number of nitrogens with zero attached hydrogens (tertiary/aromatic N) is 1. The molecule has 1 heterocycles. The molecule has 7 heteroatoms. The molecular weight excluding hydrogens is 404 g/mol. The molecule has 0 saturated carbocycles. The predicted molar refractivity (Wildman–Crippen MR) is 86.5 cm³/mol. The van der Waals surface area contributed by atoms with Crippen LogP contribution in [0.5, 0.6) is 5.75 Å². The maximum absolute atomic E-state index is 11.6. The van der Waals surface area contributed by atoms with Gasteiger partial charge in [-0.05, 0) is 68.6 Å². The number of carbonyl (C=O) groups excluding carboxylic acids is 1. The second-order valence-corrected chi connectivity index (χ2v) is 5.79. The van der Waals surface area contributed by atoms with E-state index in [1.165, 1.54) is 6.21 Å². The number of amides is 1. The summed E-state index contributed by atoms with van der Waals surface area (Å²) < 4.78 is 12.0. The molecule has 0 aliphatic heterocycles. The highest BCUT2D eigenvalue weighted by Gasteiger charge is 2.05. The molecule has 21 heavy (non-hydrogen) atoms. The van der Waals surface area contributed by atoms with Gasteiger partial charge in [0.05, 0.1) is 10.7 Å². The van der Waals surface area contributed by atoms with Crippen LogP contribution in [0.3, 0.4) is 0 Å². The van der Waals surface area contributed by atoms with E-state index in [0.717, 1.165) is 10.0 Å². The Hall–Kier alpha value is -1.60. The molecule has 0 aliphatic carbocycles. The fraction of sp³-hybridized carbons (Fsp3) is 0.143. The van der Waals surface area contributed by atoms with E-state index < -0.39 is 0 Å². The van der Waals surface area contributed by atoms with Crippen LogP contribution in [0.2, 0.25) is 0 Å². The molecule has 0 fully saturated rings. The minimum atomic E-state index is -0.357. The highest BCUT2D eigenvalue weighted by molar-refractivity contribution is 9.10. The van der Waals surface area contributed by atoms with E-state index in [-0.39, 0.29) is 12.5 Å². The molecule has 1 N–H and O–H groups in total. The van der Waals surface area contributed by atoms with Crippen molar-refractivity contribution in [3.63, 3.8) is 0 Å². The number of furan rings is 1. The zero-order chi connectivity index (χ0) is 15.2. The Kier molecular flexibility index (Phi) is 5.58. The second kappa shape index (κ2) is 7.42. The lowest BCUT2D eigenvalue weighted by Crippen LogP contribution is -2.24. The summed E-state index contributed by atoms with van der Waals surface area (Å²) in [7, 11) is 0. The van der Waals surface area contributed by atoms with Crippen LogP contribution in [0.4, 0.5) is 0 Å². The van der Waals surface area contributed by atoms with Crippen molar-refractivity contribution in [2.45, 2.75) is 6.92 Å². The van der Waals surface area contributed by atoms with Crippen molar-refractivity contribution < 1.29 is 13.9 Å². The highest BCUT2D eigenvalue weighted by Crippen LogP contribution is 2.25. The summed E-state index contributed by atoms with van der Waals surface area (Å²) in [6.45, 7) is 1.85. The first-order valence-electron chi connectivity index (χ1n) is 6.01. The van der Waals surface area contributed by atoms with Crippen LogP contribution in [-0.4, -0.2) is 18.7 Å².